The normalized spacial score (nSPS) is 15.3. The Labute approximate surface area is 401 Å². The number of imide groups is 4. The Hall–Kier alpha value is -10.0. The zero-order valence-corrected chi connectivity index (χ0v) is 37.0. The number of rotatable bonds is 14. The second-order valence-electron chi connectivity index (χ2n) is 15.4. The molecule has 18 nitrogen and oxygen atoms in total. The lowest BCUT2D eigenvalue weighted by molar-refractivity contribution is -0.121. The van der Waals surface area contributed by atoms with Crippen molar-refractivity contribution in [2.24, 2.45) is 0 Å². The molecular weight excluding hydrogens is 937 g/mol. The van der Waals surface area contributed by atoms with Gasteiger partial charge in [-0.15, -0.1) is 0 Å². The molecule has 6 aromatic carbocycles. The van der Waals surface area contributed by atoms with Gasteiger partial charge in [-0.3, -0.25) is 38.4 Å². The summed E-state index contributed by atoms with van der Waals surface area (Å²) in [5.41, 5.74) is 0.928. The van der Waals surface area contributed by atoms with Gasteiger partial charge in [0.05, 0.1) is 22.7 Å². The van der Waals surface area contributed by atoms with E-state index in [0.717, 1.165) is 68.2 Å². The van der Waals surface area contributed by atoms with Gasteiger partial charge in [-0.1, -0.05) is 12.1 Å². The van der Waals surface area contributed by atoms with Crippen molar-refractivity contribution in [2.75, 3.05) is 19.6 Å². The highest BCUT2D eigenvalue weighted by Crippen LogP contribution is 2.47. The molecule has 19 heteroatoms. The number of anilines is 4. The second-order valence-corrected chi connectivity index (χ2v) is 17.3. The van der Waals surface area contributed by atoms with E-state index in [4.69, 9.17) is 18.9 Å². The predicted molar refractivity (Wildman–Crippen MR) is 251 cm³/mol. The first-order valence-corrected chi connectivity index (χ1v) is 22.6. The largest absolute Gasteiger partial charge is 0.453 e. The van der Waals surface area contributed by atoms with E-state index in [1.165, 1.54) is 133 Å². The Morgan fingerprint density at radius 2 is 0.507 bits per heavy atom. The Balaban J connectivity index is 1.05. The molecule has 71 heavy (non-hydrogen) atoms. The summed E-state index contributed by atoms with van der Waals surface area (Å²) < 4.78 is 56.0. The van der Waals surface area contributed by atoms with Gasteiger partial charge in [0.1, 0.15) is 32.8 Å². The van der Waals surface area contributed by atoms with Crippen LogP contribution in [-0.4, -0.2) is 55.7 Å². The molecule has 0 saturated carbocycles. The Bertz CT molecular complexity index is 3250. The second kappa shape index (κ2) is 17.9. The maximum Gasteiger partial charge on any atom is 0.258 e. The number of benzene rings is 6. The van der Waals surface area contributed by atoms with Gasteiger partial charge in [0.25, 0.3) is 47.3 Å². The summed E-state index contributed by atoms with van der Waals surface area (Å²) in [4.78, 5) is 102. The number of para-hydroxylation sites is 2. The van der Waals surface area contributed by atoms with Crippen LogP contribution in [0.2, 0.25) is 0 Å². The number of sulfone groups is 1. The van der Waals surface area contributed by atoms with Crippen molar-refractivity contribution in [1.29, 1.82) is 0 Å². The van der Waals surface area contributed by atoms with Crippen LogP contribution in [0.5, 0.6) is 46.0 Å². The number of amides is 8. The van der Waals surface area contributed by atoms with E-state index in [2.05, 4.69) is 0 Å². The first kappa shape index (κ1) is 44.8. The minimum atomic E-state index is -4.80. The number of nitrogens with zero attached hydrogens (tertiary/aromatic N) is 4. The van der Waals surface area contributed by atoms with Gasteiger partial charge in [-0.2, -0.15) is 0 Å². The molecule has 0 unspecified atom stereocenters. The van der Waals surface area contributed by atoms with Crippen molar-refractivity contribution in [3.8, 4) is 46.0 Å². The summed E-state index contributed by atoms with van der Waals surface area (Å²) in [5, 5.41) is 0. The Morgan fingerprint density at radius 1 is 0.282 bits per heavy atom. The maximum atomic E-state index is 15.4. The third kappa shape index (κ3) is 8.51. The van der Waals surface area contributed by atoms with E-state index in [1.54, 1.807) is 0 Å². The van der Waals surface area contributed by atoms with Crippen molar-refractivity contribution in [2.45, 2.75) is 9.79 Å². The van der Waals surface area contributed by atoms with Gasteiger partial charge in [-0.25, -0.2) is 28.0 Å². The van der Waals surface area contributed by atoms with E-state index in [9.17, 15) is 38.4 Å². The average Bonchev–Trinajstić information content (AvgIpc) is 4.11. The average molecular weight is 967 g/mol. The fourth-order valence-electron chi connectivity index (χ4n) is 7.66. The summed E-state index contributed by atoms with van der Waals surface area (Å²) in [6.07, 6.45) is 9.06. The van der Waals surface area contributed by atoms with E-state index < -0.39 is 66.9 Å². The third-order valence-electron chi connectivity index (χ3n) is 11.0. The molecule has 0 saturated heterocycles. The minimum Gasteiger partial charge on any atom is -0.453 e. The van der Waals surface area contributed by atoms with Crippen LogP contribution in [-0.2, 0) is 48.2 Å². The number of ether oxygens (including phenoxy) is 4. The summed E-state index contributed by atoms with van der Waals surface area (Å²) in [5.74, 6) is -4.91. The maximum absolute atomic E-state index is 15.4. The highest BCUT2D eigenvalue weighted by Gasteiger charge is 2.33. The highest BCUT2D eigenvalue weighted by atomic mass is 32.2. The van der Waals surface area contributed by atoms with Crippen molar-refractivity contribution < 1.29 is 65.7 Å². The van der Waals surface area contributed by atoms with Gasteiger partial charge in [0.15, 0.2) is 23.0 Å². The van der Waals surface area contributed by atoms with Crippen LogP contribution in [0.25, 0.3) is 0 Å². The molecule has 0 atom stereocenters. The number of carbonyl (C=O) groups excluding carboxylic acids is 8. The van der Waals surface area contributed by atoms with E-state index in [-0.39, 0.29) is 68.7 Å². The summed E-state index contributed by atoms with van der Waals surface area (Å²) in [6.45, 7) is 0. The molecule has 8 amide bonds. The molecule has 348 valence electrons. The van der Waals surface area contributed by atoms with Crippen LogP contribution < -0.4 is 38.5 Å². The van der Waals surface area contributed by atoms with Crippen LogP contribution in [0.4, 0.5) is 22.7 Å². The summed E-state index contributed by atoms with van der Waals surface area (Å²) in [6, 6.07) is 31.3. The van der Waals surface area contributed by atoms with Gasteiger partial charge in [0.2, 0.25) is 9.84 Å². The summed E-state index contributed by atoms with van der Waals surface area (Å²) in [7, 11) is -4.80. The van der Waals surface area contributed by atoms with Crippen LogP contribution in [0.3, 0.4) is 0 Å². The molecule has 0 aromatic heterocycles. The highest BCUT2D eigenvalue weighted by molar-refractivity contribution is 7.91. The topological polar surface area (TPSA) is 221 Å². The molecule has 6 aromatic rings. The zero-order valence-electron chi connectivity index (χ0n) is 36.2. The molecule has 4 aliphatic rings. The molecule has 0 N–H and O–H groups in total. The standard InChI is InChI=1S/C52H30N4O14S/c57-43-23-24-44(58)53(43)31-7-15-35(16-8-31)67-39-3-1-5-41(51(39)69-37-19-11-33(12-20-37)55-47(61)27-28-48(55)62)71(65,66)42-6-2-4-40(68-36-17-9-32(10-18-36)54-45(59)25-26-46(54)60)52(42)70-38-21-13-34(14-22-38)56-49(63)29-30-50(56)64/h1-30H. The zero-order chi connectivity index (χ0) is 49.6. The van der Waals surface area contributed by atoms with Crippen LogP contribution in [0.15, 0.2) is 192 Å². The number of hydrogen-bond acceptors (Lipinski definition) is 14. The minimum absolute atomic E-state index is 0.0533. The molecule has 4 aliphatic heterocycles. The summed E-state index contributed by atoms with van der Waals surface area (Å²) >= 11 is 0. The third-order valence-corrected chi connectivity index (χ3v) is 12.8. The molecule has 0 fully saturated rings. The molecule has 10 rings (SSSR count). The van der Waals surface area contributed by atoms with Crippen molar-refractivity contribution in [3.05, 3.63) is 182 Å². The van der Waals surface area contributed by atoms with Gasteiger partial charge < -0.3 is 18.9 Å². The van der Waals surface area contributed by atoms with Gasteiger partial charge in [-0.05, 0) is 121 Å². The fraction of sp³-hybridized carbons (Fsp3) is 0. The molecule has 4 heterocycles. The first-order valence-electron chi connectivity index (χ1n) is 21.1. The Morgan fingerprint density at radius 3 is 0.746 bits per heavy atom. The van der Waals surface area contributed by atoms with E-state index >= 15 is 8.42 Å². The lowest BCUT2D eigenvalue weighted by atomic mass is 10.2. The monoisotopic (exact) mass is 966 g/mol. The Kier molecular flexibility index (Phi) is 11.3. The van der Waals surface area contributed by atoms with Crippen LogP contribution >= 0.6 is 0 Å². The lowest BCUT2D eigenvalue weighted by Gasteiger charge is -2.20. The van der Waals surface area contributed by atoms with Gasteiger partial charge >= 0.3 is 0 Å². The number of carbonyl (C=O) groups is 8. The number of hydrogen-bond donors (Lipinski definition) is 0. The molecular formula is C52H30N4O14S. The van der Waals surface area contributed by atoms with Crippen LogP contribution in [0.1, 0.15) is 0 Å². The molecule has 0 aliphatic carbocycles. The van der Waals surface area contributed by atoms with Gasteiger partial charge in [0, 0.05) is 48.6 Å². The van der Waals surface area contributed by atoms with E-state index in [1.807, 2.05) is 0 Å². The molecule has 0 bridgehead atoms. The fourth-order valence-corrected chi connectivity index (χ4v) is 9.18. The van der Waals surface area contributed by atoms with Crippen LogP contribution in [0, 0.1) is 0 Å². The lowest BCUT2D eigenvalue weighted by Crippen LogP contribution is -2.29. The quantitative estimate of drug-likeness (QED) is 0.0971. The smallest absolute Gasteiger partial charge is 0.258 e. The molecule has 0 spiro atoms. The van der Waals surface area contributed by atoms with Crippen molar-refractivity contribution >= 4 is 79.8 Å². The predicted octanol–water partition coefficient (Wildman–Crippen LogP) is 7.41. The van der Waals surface area contributed by atoms with E-state index in [0.29, 0.717) is 0 Å². The molecule has 0 radical (unpaired) electrons. The first-order chi connectivity index (χ1) is 34.2. The van der Waals surface area contributed by atoms with Crippen molar-refractivity contribution in [3.63, 3.8) is 0 Å². The van der Waals surface area contributed by atoms with Crippen molar-refractivity contribution in [1.82, 2.24) is 0 Å². The SMILES string of the molecule is O=C1C=CC(=O)N1c1ccc(Oc2cccc(S(=O)(=O)c3cccc(Oc4ccc(N5C(=O)C=CC5=O)cc4)c3Oc3ccc(N4C(=O)C=CC4=O)cc3)c2Oc2ccc(N3C(=O)C=CC3=O)cc2)cc1.